The quantitative estimate of drug-likeness (QED) is 0.677. The van der Waals surface area contributed by atoms with E-state index in [0.717, 1.165) is 51.6 Å². The third-order valence-electron chi connectivity index (χ3n) is 4.40. The lowest BCUT2D eigenvalue weighted by atomic mass is 9.91. The summed E-state index contributed by atoms with van der Waals surface area (Å²) in [5.74, 6) is 0.104. The molecule has 19 heavy (non-hydrogen) atoms. The Morgan fingerprint density at radius 2 is 1.68 bits per heavy atom. The van der Waals surface area contributed by atoms with Gasteiger partial charge in [-0.3, -0.25) is 9.69 Å². The molecule has 0 aromatic rings. The van der Waals surface area contributed by atoms with Gasteiger partial charge < -0.3 is 15.7 Å². The van der Waals surface area contributed by atoms with Crippen molar-refractivity contribution in [2.45, 2.75) is 56.7 Å². The van der Waals surface area contributed by atoms with Crippen LogP contribution >= 0.6 is 0 Å². The first-order valence-corrected chi connectivity index (χ1v) is 7.54. The maximum absolute atomic E-state index is 11.3. The van der Waals surface area contributed by atoms with E-state index in [-0.39, 0.29) is 12.0 Å². The summed E-state index contributed by atoms with van der Waals surface area (Å²) in [6, 6.07) is 1.17. The first-order valence-electron chi connectivity index (χ1n) is 7.54. The largest absolute Gasteiger partial charge is 0.393 e. The maximum Gasteiger partial charge on any atom is 0.233 e. The van der Waals surface area contributed by atoms with Crippen LogP contribution in [0.15, 0.2) is 0 Å². The minimum Gasteiger partial charge on any atom is -0.393 e. The van der Waals surface area contributed by atoms with E-state index in [4.69, 9.17) is 0 Å². The highest BCUT2D eigenvalue weighted by Gasteiger charge is 2.25. The molecule has 2 fully saturated rings. The molecule has 3 N–H and O–H groups in total. The summed E-state index contributed by atoms with van der Waals surface area (Å²) < 4.78 is 0. The van der Waals surface area contributed by atoms with Crippen LogP contribution in [0.4, 0.5) is 0 Å². The van der Waals surface area contributed by atoms with Crippen molar-refractivity contribution in [3.8, 4) is 0 Å². The fourth-order valence-electron chi connectivity index (χ4n) is 3.12. The number of hydrogen-bond acceptors (Lipinski definition) is 4. The number of carbonyl (C=O) groups is 1. The predicted molar refractivity (Wildman–Crippen MR) is 74.9 cm³/mol. The van der Waals surface area contributed by atoms with Gasteiger partial charge in [-0.15, -0.1) is 0 Å². The molecule has 0 radical (unpaired) electrons. The molecular formula is C14H27N3O2. The third kappa shape index (κ3) is 4.75. The normalized spacial score (nSPS) is 30.2. The number of aliphatic hydroxyl groups is 1. The van der Waals surface area contributed by atoms with Gasteiger partial charge in [-0.2, -0.15) is 0 Å². The molecule has 1 aliphatic carbocycles. The summed E-state index contributed by atoms with van der Waals surface area (Å²) in [5, 5.41) is 15.9. The lowest BCUT2D eigenvalue weighted by molar-refractivity contribution is -0.122. The van der Waals surface area contributed by atoms with Gasteiger partial charge in [-0.25, -0.2) is 0 Å². The second-order valence-corrected chi connectivity index (χ2v) is 5.90. The Morgan fingerprint density at radius 1 is 1.11 bits per heavy atom. The summed E-state index contributed by atoms with van der Waals surface area (Å²) in [4.78, 5) is 13.5. The average molecular weight is 269 g/mol. The SMILES string of the molecule is CNC(=O)CN1CCC(NC2CCC(O)CC2)CC1. The molecule has 0 spiro atoms. The van der Waals surface area contributed by atoms with Crippen molar-refractivity contribution in [2.24, 2.45) is 0 Å². The van der Waals surface area contributed by atoms with Crippen molar-refractivity contribution in [3.05, 3.63) is 0 Å². The van der Waals surface area contributed by atoms with Crippen molar-refractivity contribution in [1.29, 1.82) is 0 Å². The van der Waals surface area contributed by atoms with E-state index in [1.807, 2.05) is 0 Å². The number of rotatable bonds is 4. The van der Waals surface area contributed by atoms with Gasteiger partial charge >= 0.3 is 0 Å². The molecule has 2 rings (SSSR count). The number of amides is 1. The number of piperidine rings is 1. The highest BCUT2D eigenvalue weighted by molar-refractivity contribution is 5.77. The lowest BCUT2D eigenvalue weighted by Gasteiger charge is -2.35. The number of likely N-dealkylation sites (N-methyl/N-ethyl adjacent to an activating group) is 1. The molecule has 0 atom stereocenters. The molecule has 0 aromatic carbocycles. The zero-order valence-electron chi connectivity index (χ0n) is 11.9. The van der Waals surface area contributed by atoms with Crippen molar-refractivity contribution >= 4 is 5.91 Å². The Kier molecular flexibility index (Phi) is 5.60. The molecule has 1 aliphatic heterocycles. The van der Waals surface area contributed by atoms with Gasteiger partial charge in [-0.1, -0.05) is 0 Å². The summed E-state index contributed by atoms with van der Waals surface area (Å²) in [5.41, 5.74) is 0. The molecule has 110 valence electrons. The molecular weight excluding hydrogens is 242 g/mol. The number of nitrogens with one attached hydrogen (secondary N) is 2. The van der Waals surface area contributed by atoms with Gasteiger partial charge in [0, 0.05) is 32.2 Å². The standard InChI is InChI=1S/C14H27N3O2/c1-15-14(19)10-17-8-6-12(7-9-17)16-11-2-4-13(18)5-3-11/h11-13,16,18H,2-10H2,1H3,(H,15,19). The van der Waals surface area contributed by atoms with E-state index in [1.165, 1.54) is 0 Å². The summed E-state index contributed by atoms with van der Waals surface area (Å²) in [6.45, 7) is 2.53. The second-order valence-electron chi connectivity index (χ2n) is 5.90. The van der Waals surface area contributed by atoms with Crippen LogP contribution in [0.5, 0.6) is 0 Å². The van der Waals surface area contributed by atoms with E-state index >= 15 is 0 Å². The van der Waals surface area contributed by atoms with Crippen LogP contribution in [-0.4, -0.2) is 60.8 Å². The number of hydrogen-bond donors (Lipinski definition) is 3. The topological polar surface area (TPSA) is 64.6 Å². The van der Waals surface area contributed by atoms with Gasteiger partial charge in [0.15, 0.2) is 0 Å². The molecule has 0 unspecified atom stereocenters. The summed E-state index contributed by atoms with van der Waals surface area (Å²) in [7, 11) is 1.69. The van der Waals surface area contributed by atoms with Crippen LogP contribution in [0, 0.1) is 0 Å². The number of nitrogens with zero attached hydrogens (tertiary/aromatic N) is 1. The highest BCUT2D eigenvalue weighted by Crippen LogP contribution is 2.20. The molecule has 1 amide bonds. The van der Waals surface area contributed by atoms with Crippen LogP contribution < -0.4 is 10.6 Å². The minimum atomic E-state index is -0.0764. The molecule has 5 heteroatoms. The number of carbonyl (C=O) groups excluding carboxylic acids is 1. The Labute approximate surface area is 115 Å². The van der Waals surface area contributed by atoms with E-state index in [1.54, 1.807) is 7.05 Å². The number of aliphatic hydroxyl groups excluding tert-OH is 1. The van der Waals surface area contributed by atoms with Gasteiger partial charge in [0.2, 0.25) is 5.91 Å². The Hall–Kier alpha value is -0.650. The third-order valence-corrected chi connectivity index (χ3v) is 4.40. The smallest absolute Gasteiger partial charge is 0.233 e. The van der Waals surface area contributed by atoms with Gasteiger partial charge in [-0.05, 0) is 38.5 Å². The van der Waals surface area contributed by atoms with E-state index in [2.05, 4.69) is 15.5 Å². The van der Waals surface area contributed by atoms with Gasteiger partial charge in [0.25, 0.3) is 0 Å². The van der Waals surface area contributed by atoms with Gasteiger partial charge in [0.1, 0.15) is 0 Å². The zero-order valence-corrected chi connectivity index (χ0v) is 11.9. The predicted octanol–water partition coefficient (Wildman–Crippen LogP) is 0.0899. The minimum absolute atomic E-state index is 0.0764. The zero-order chi connectivity index (χ0) is 13.7. The van der Waals surface area contributed by atoms with Crippen molar-refractivity contribution < 1.29 is 9.90 Å². The van der Waals surface area contributed by atoms with E-state index in [9.17, 15) is 9.90 Å². The fourth-order valence-corrected chi connectivity index (χ4v) is 3.12. The Bertz CT molecular complexity index is 282. The van der Waals surface area contributed by atoms with Crippen LogP contribution in [0.3, 0.4) is 0 Å². The van der Waals surface area contributed by atoms with Gasteiger partial charge in [0.05, 0.1) is 12.6 Å². The first-order chi connectivity index (χ1) is 9.17. The maximum atomic E-state index is 11.3. The van der Waals surface area contributed by atoms with E-state index < -0.39 is 0 Å². The monoisotopic (exact) mass is 269 g/mol. The van der Waals surface area contributed by atoms with Crippen LogP contribution in [-0.2, 0) is 4.79 Å². The Morgan fingerprint density at radius 3 is 2.26 bits per heavy atom. The van der Waals surface area contributed by atoms with Crippen LogP contribution in [0.1, 0.15) is 38.5 Å². The van der Waals surface area contributed by atoms with Crippen molar-refractivity contribution in [3.63, 3.8) is 0 Å². The summed E-state index contributed by atoms with van der Waals surface area (Å²) >= 11 is 0. The molecule has 0 aromatic heterocycles. The van der Waals surface area contributed by atoms with Crippen LogP contribution in [0.25, 0.3) is 0 Å². The van der Waals surface area contributed by atoms with Crippen LogP contribution in [0.2, 0.25) is 0 Å². The molecule has 1 saturated heterocycles. The van der Waals surface area contributed by atoms with Crippen molar-refractivity contribution in [2.75, 3.05) is 26.7 Å². The fraction of sp³-hybridized carbons (Fsp3) is 0.929. The second kappa shape index (κ2) is 7.22. The molecule has 2 aliphatic rings. The average Bonchev–Trinajstić information content (AvgIpc) is 2.43. The lowest BCUT2D eigenvalue weighted by Crippen LogP contribution is -2.49. The van der Waals surface area contributed by atoms with E-state index in [0.29, 0.717) is 18.6 Å². The highest BCUT2D eigenvalue weighted by atomic mass is 16.3. The molecule has 1 saturated carbocycles. The molecule has 5 nitrogen and oxygen atoms in total. The first kappa shape index (κ1) is 14.8. The molecule has 0 bridgehead atoms. The Balaban J connectivity index is 1.64. The van der Waals surface area contributed by atoms with Crippen molar-refractivity contribution in [1.82, 2.24) is 15.5 Å². The number of likely N-dealkylation sites (tertiary alicyclic amines) is 1. The summed E-state index contributed by atoms with van der Waals surface area (Å²) in [6.07, 6.45) is 6.23. The molecule has 1 heterocycles.